The summed E-state index contributed by atoms with van der Waals surface area (Å²) in [5.41, 5.74) is -1.19. The maximum Gasteiger partial charge on any atom is 0.193 e. The fourth-order valence-corrected chi connectivity index (χ4v) is 7.07. The first-order valence-corrected chi connectivity index (χ1v) is 10.2. The summed E-state index contributed by atoms with van der Waals surface area (Å²) in [4.78, 5) is 12.8. The molecule has 2 bridgehead atoms. The average Bonchev–Trinajstić information content (AvgIpc) is 3.42. The zero-order valence-electron chi connectivity index (χ0n) is 15.8. The number of ketones is 1. The van der Waals surface area contributed by atoms with E-state index in [0.29, 0.717) is 12.0 Å². The number of quaternary nitrogens is 1. The lowest BCUT2D eigenvalue weighted by molar-refractivity contribution is -0.994. The van der Waals surface area contributed by atoms with E-state index in [4.69, 9.17) is 4.74 Å². The molecule has 0 aromatic heterocycles. The van der Waals surface area contributed by atoms with Gasteiger partial charge < -0.3 is 25.2 Å². The normalized spacial score (nSPS) is 46.7. The topological polar surface area (TPSA) is 107 Å². The fourth-order valence-electron chi connectivity index (χ4n) is 7.07. The van der Waals surface area contributed by atoms with Gasteiger partial charge in [-0.05, 0) is 30.9 Å². The van der Waals surface area contributed by atoms with Crippen molar-refractivity contribution in [2.45, 2.75) is 67.6 Å². The third-order valence-corrected chi connectivity index (χ3v) is 8.46. The second kappa shape index (κ2) is 4.90. The van der Waals surface area contributed by atoms with Crippen LogP contribution >= 0.6 is 0 Å². The number of phenolic OH excluding ortho intramolecular Hbond substituents is 1. The van der Waals surface area contributed by atoms with Crippen molar-refractivity contribution < 1.29 is 34.4 Å². The maximum atomic E-state index is 12.8. The summed E-state index contributed by atoms with van der Waals surface area (Å²) >= 11 is 0. The number of rotatable bonds is 2. The quantitative estimate of drug-likeness (QED) is 0.530. The molecule has 0 amide bonds. The highest BCUT2D eigenvalue weighted by atomic mass is 16.5. The molecule has 150 valence electrons. The first-order chi connectivity index (χ1) is 13.2. The molecule has 1 saturated heterocycles. The summed E-state index contributed by atoms with van der Waals surface area (Å²) in [5, 5.41) is 45.2. The van der Waals surface area contributed by atoms with Crippen LogP contribution in [0.15, 0.2) is 12.1 Å². The minimum Gasteiger partial charge on any atom is -0.504 e. The molecule has 5 aliphatic rings. The number of aliphatic hydroxyl groups excluding tert-OH is 2. The standard InChI is InChI=1S/C21H25NO6/c1-22(19(26)10-2-3-10)9-15(25)21-16-11-4-5-12(23)17(16)28-18(21)13(24)6-7-20(21,27)14(22)8-11/h4-5,10,14-15,18-19,25-27H,2-3,6-9H2,1H3/p+1/t14-,15+,18-,19?,20+,21-,22-/m0/s1. The Morgan fingerprint density at radius 3 is 2.79 bits per heavy atom. The Bertz CT molecular complexity index is 914. The number of carbonyl (C=O) groups excluding carboxylic acids is 1. The van der Waals surface area contributed by atoms with Gasteiger partial charge in [-0.2, -0.15) is 0 Å². The number of ether oxygens (including phenoxy) is 1. The Kier molecular flexibility index (Phi) is 3.01. The highest BCUT2D eigenvalue weighted by molar-refractivity contribution is 5.90. The first-order valence-electron chi connectivity index (χ1n) is 10.2. The SMILES string of the molecule is C[N@+]1(C(O)C2CC2)C[C@@H](O)[C@]23c4c5ccc(O)c4O[C@H]2C(=O)CC[C@@]3(O)[C@@H]1C5. The molecule has 1 aromatic rings. The Labute approximate surface area is 162 Å². The molecule has 7 heteroatoms. The molecule has 1 unspecified atom stereocenters. The Balaban J connectivity index is 1.64. The zero-order valence-corrected chi connectivity index (χ0v) is 15.8. The minimum absolute atomic E-state index is 0.0656. The minimum atomic E-state index is -1.39. The summed E-state index contributed by atoms with van der Waals surface area (Å²) < 4.78 is 6.14. The van der Waals surface area contributed by atoms with Gasteiger partial charge in [-0.3, -0.25) is 9.28 Å². The summed E-state index contributed by atoms with van der Waals surface area (Å²) in [5.74, 6) is 0.203. The van der Waals surface area contributed by atoms with Gasteiger partial charge in [0, 0.05) is 24.3 Å². The van der Waals surface area contributed by atoms with Crippen LogP contribution in [0, 0.1) is 5.92 Å². The third kappa shape index (κ3) is 1.62. The van der Waals surface area contributed by atoms with Gasteiger partial charge in [-0.15, -0.1) is 0 Å². The zero-order chi connectivity index (χ0) is 19.6. The summed E-state index contributed by atoms with van der Waals surface area (Å²) in [7, 11) is 1.93. The van der Waals surface area contributed by atoms with Crippen molar-refractivity contribution in [1.29, 1.82) is 0 Å². The predicted octanol–water partition coefficient (Wildman–Crippen LogP) is -0.0408. The molecule has 2 saturated carbocycles. The number of phenols is 1. The average molecular weight is 388 g/mol. The number of aromatic hydroxyl groups is 1. The molecule has 3 aliphatic carbocycles. The van der Waals surface area contributed by atoms with Gasteiger partial charge in [-0.1, -0.05) is 6.07 Å². The second-order valence-electron chi connectivity index (χ2n) is 9.72. The molecule has 2 aliphatic heterocycles. The number of hydrogen-bond donors (Lipinski definition) is 4. The lowest BCUT2D eigenvalue weighted by Crippen LogP contribution is -2.86. The van der Waals surface area contributed by atoms with E-state index < -0.39 is 29.5 Å². The van der Waals surface area contributed by atoms with Crippen LogP contribution in [0.3, 0.4) is 0 Å². The van der Waals surface area contributed by atoms with Crippen molar-refractivity contribution in [3.63, 3.8) is 0 Å². The number of likely N-dealkylation sites (tertiary alicyclic amines) is 1. The van der Waals surface area contributed by atoms with E-state index in [2.05, 4.69) is 0 Å². The smallest absolute Gasteiger partial charge is 0.193 e. The maximum absolute atomic E-state index is 12.8. The lowest BCUT2D eigenvalue weighted by atomic mass is 9.47. The molecule has 7 atom stereocenters. The van der Waals surface area contributed by atoms with Crippen LogP contribution < -0.4 is 4.74 Å². The number of nitrogens with zero attached hydrogens (tertiary/aromatic N) is 1. The molecule has 3 fully saturated rings. The molecular weight excluding hydrogens is 362 g/mol. The lowest BCUT2D eigenvalue weighted by Gasteiger charge is -2.66. The van der Waals surface area contributed by atoms with Crippen molar-refractivity contribution in [3.05, 3.63) is 23.3 Å². The number of piperidine rings is 1. The van der Waals surface area contributed by atoms with Crippen LogP contribution in [0.4, 0.5) is 0 Å². The van der Waals surface area contributed by atoms with Crippen molar-refractivity contribution >= 4 is 5.78 Å². The van der Waals surface area contributed by atoms with E-state index in [0.717, 1.165) is 18.4 Å². The van der Waals surface area contributed by atoms with Crippen molar-refractivity contribution in [2.75, 3.05) is 13.6 Å². The number of Topliss-reactive ketones (excluding diaryl/α,β-unsaturated/α-hetero) is 1. The molecule has 28 heavy (non-hydrogen) atoms. The van der Waals surface area contributed by atoms with Gasteiger partial charge >= 0.3 is 0 Å². The molecule has 2 heterocycles. The monoisotopic (exact) mass is 388 g/mol. The Morgan fingerprint density at radius 1 is 1.32 bits per heavy atom. The molecule has 1 spiro atoms. The van der Waals surface area contributed by atoms with E-state index in [9.17, 15) is 25.2 Å². The summed E-state index contributed by atoms with van der Waals surface area (Å²) in [6, 6.07) is 3.01. The largest absolute Gasteiger partial charge is 0.504 e. The highest BCUT2D eigenvalue weighted by Gasteiger charge is 2.80. The predicted molar refractivity (Wildman–Crippen MR) is 96.7 cm³/mol. The summed E-state index contributed by atoms with van der Waals surface area (Å²) in [6.45, 7) is 0.242. The van der Waals surface area contributed by atoms with Gasteiger partial charge in [0.25, 0.3) is 0 Å². The Hall–Kier alpha value is -1.67. The van der Waals surface area contributed by atoms with Crippen molar-refractivity contribution in [2.24, 2.45) is 5.92 Å². The van der Waals surface area contributed by atoms with E-state index in [1.54, 1.807) is 12.1 Å². The second-order valence-corrected chi connectivity index (χ2v) is 9.72. The van der Waals surface area contributed by atoms with E-state index >= 15 is 0 Å². The van der Waals surface area contributed by atoms with Gasteiger partial charge in [0.1, 0.15) is 29.7 Å². The van der Waals surface area contributed by atoms with Crippen LogP contribution in [0.2, 0.25) is 0 Å². The third-order valence-electron chi connectivity index (χ3n) is 8.46. The van der Waals surface area contributed by atoms with Gasteiger partial charge in [-0.25, -0.2) is 0 Å². The molecule has 7 nitrogen and oxygen atoms in total. The molecular formula is C21H26NO6+. The number of carbonyl (C=O) groups is 1. The fraction of sp³-hybridized carbons (Fsp3) is 0.667. The molecule has 0 radical (unpaired) electrons. The van der Waals surface area contributed by atoms with E-state index in [1.165, 1.54) is 0 Å². The van der Waals surface area contributed by atoms with Crippen molar-refractivity contribution in [1.82, 2.24) is 0 Å². The first kappa shape index (κ1) is 17.2. The van der Waals surface area contributed by atoms with Gasteiger partial charge in [0.2, 0.25) is 0 Å². The molecule has 1 aromatic carbocycles. The van der Waals surface area contributed by atoms with Crippen LogP contribution in [-0.4, -0.2) is 74.4 Å². The number of aliphatic hydroxyl groups is 3. The van der Waals surface area contributed by atoms with Crippen molar-refractivity contribution in [3.8, 4) is 11.5 Å². The van der Waals surface area contributed by atoms with Gasteiger partial charge in [0.05, 0.1) is 7.05 Å². The van der Waals surface area contributed by atoms with E-state index in [-0.39, 0.29) is 53.1 Å². The molecule has 4 N–H and O–H groups in total. The number of hydrogen-bond acceptors (Lipinski definition) is 6. The number of benzene rings is 1. The summed E-state index contributed by atoms with van der Waals surface area (Å²) in [6.07, 6.45) is 0.0978. The highest BCUT2D eigenvalue weighted by Crippen LogP contribution is 2.66. The Morgan fingerprint density at radius 2 is 2.07 bits per heavy atom. The number of likely N-dealkylation sites (N-methyl/N-ethyl adjacent to an activating group) is 1. The van der Waals surface area contributed by atoms with Gasteiger partial charge in [0.15, 0.2) is 29.6 Å². The van der Waals surface area contributed by atoms with E-state index in [1.807, 2.05) is 7.05 Å². The van der Waals surface area contributed by atoms with Crippen LogP contribution in [0.25, 0.3) is 0 Å². The molecule has 6 rings (SSSR count). The van der Waals surface area contributed by atoms with Crippen LogP contribution in [0.5, 0.6) is 11.5 Å². The van der Waals surface area contributed by atoms with Crippen LogP contribution in [0.1, 0.15) is 36.8 Å². The van der Waals surface area contributed by atoms with Crippen LogP contribution in [-0.2, 0) is 16.6 Å².